The van der Waals surface area contributed by atoms with Crippen LogP contribution in [0.15, 0.2) is 6.20 Å². The summed E-state index contributed by atoms with van der Waals surface area (Å²) >= 11 is 8.74. The van der Waals surface area contributed by atoms with Crippen LogP contribution in [-0.2, 0) is 10.1 Å². The number of nitrogens with zero attached hydrogens (tertiary/aromatic N) is 1. The number of methoxy groups -OCH3 is 1. The monoisotopic (exact) mass is 313 g/mol. The van der Waals surface area contributed by atoms with Crippen LogP contribution in [0.25, 0.3) is 0 Å². The van der Waals surface area contributed by atoms with Crippen LogP contribution in [0, 0.1) is 0 Å². The van der Waals surface area contributed by atoms with Crippen molar-refractivity contribution in [1.82, 2.24) is 4.98 Å². The number of alkyl halides is 3. The minimum absolute atomic E-state index is 0.104. The van der Waals surface area contributed by atoms with Gasteiger partial charge in [-0.25, -0.2) is 13.6 Å². The molecule has 0 unspecified atom stereocenters. The van der Waals surface area contributed by atoms with E-state index in [1.54, 1.807) is 0 Å². The number of halogens is 4. The number of esters is 1. The molecule has 0 saturated carbocycles. The number of hydrogen-bond acceptors (Lipinski definition) is 3. The normalized spacial score (nSPS) is 10.6. The Balaban J connectivity index is 3.37. The van der Waals surface area contributed by atoms with E-state index >= 15 is 0 Å². The molecule has 0 saturated heterocycles. The Labute approximate surface area is 104 Å². The van der Waals surface area contributed by atoms with E-state index in [0.29, 0.717) is 0 Å². The second-order valence-corrected chi connectivity index (χ2v) is 3.71. The molecule has 7 heteroatoms. The van der Waals surface area contributed by atoms with Crippen molar-refractivity contribution in [3.63, 3.8) is 0 Å². The lowest BCUT2D eigenvalue weighted by Gasteiger charge is -2.10. The van der Waals surface area contributed by atoms with Crippen molar-refractivity contribution >= 4 is 33.5 Å². The third-order valence-electron chi connectivity index (χ3n) is 1.88. The van der Waals surface area contributed by atoms with Crippen molar-refractivity contribution in [2.24, 2.45) is 0 Å². The predicted octanol–water partition coefficient (Wildman–Crippen LogP) is 3.35. The number of aromatic nitrogens is 1. The molecule has 0 fully saturated rings. The van der Waals surface area contributed by atoms with Crippen LogP contribution in [0.1, 0.15) is 28.0 Å². The van der Waals surface area contributed by atoms with E-state index in [1.165, 1.54) is 0 Å². The van der Waals surface area contributed by atoms with E-state index in [9.17, 15) is 13.6 Å². The first-order chi connectivity index (χ1) is 7.52. The molecular formula is C9H7BrClF2NO2. The second-order valence-electron chi connectivity index (χ2n) is 2.77. The van der Waals surface area contributed by atoms with E-state index in [2.05, 4.69) is 25.7 Å². The lowest BCUT2D eigenvalue weighted by Crippen LogP contribution is -2.07. The second kappa shape index (κ2) is 5.54. The molecule has 0 amide bonds. The molecule has 0 aromatic carbocycles. The number of carbonyl (C=O) groups is 1. The molecule has 3 nitrogen and oxygen atoms in total. The van der Waals surface area contributed by atoms with Crippen molar-refractivity contribution in [2.45, 2.75) is 11.8 Å². The minimum Gasteiger partial charge on any atom is -0.465 e. The van der Waals surface area contributed by atoms with Gasteiger partial charge in [-0.05, 0) is 0 Å². The molecule has 0 radical (unpaired) electrons. The van der Waals surface area contributed by atoms with Gasteiger partial charge in [-0.15, -0.1) is 0 Å². The first-order valence-corrected chi connectivity index (χ1v) is 5.62. The van der Waals surface area contributed by atoms with Crippen molar-refractivity contribution in [3.05, 3.63) is 28.0 Å². The molecule has 0 aliphatic heterocycles. The number of carbonyl (C=O) groups excluding carboxylic acids is 1. The standard InChI is InChI=1S/C9H7BrClF2NO2/c1-16-9(15)4-3-14-5(2-10)6(7(4)11)8(12)13/h3,8H,2H2,1H3. The van der Waals surface area contributed by atoms with Gasteiger partial charge in [-0.2, -0.15) is 0 Å². The SMILES string of the molecule is COC(=O)c1cnc(CBr)c(C(F)F)c1Cl. The molecule has 1 aromatic rings. The number of hydrogen-bond donors (Lipinski definition) is 0. The Kier molecular flexibility index (Phi) is 4.61. The molecular weight excluding hydrogens is 307 g/mol. The average Bonchev–Trinajstić information content (AvgIpc) is 2.26. The lowest BCUT2D eigenvalue weighted by atomic mass is 10.1. The summed E-state index contributed by atoms with van der Waals surface area (Å²) in [5.74, 6) is -0.791. The highest BCUT2D eigenvalue weighted by Crippen LogP contribution is 2.32. The van der Waals surface area contributed by atoms with Crippen molar-refractivity contribution in [3.8, 4) is 0 Å². The lowest BCUT2D eigenvalue weighted by molar-refractivity contribution is 0.0600. The summed E-state index contributed by atoms with van der Waals surface area (Å²) in [6.45, 7) is 0. The van der Waals surface area contributed by atoms with Gasteiger partial charge in [-0.3, -0.25) is 4.98 Å². The molecule has 88 valence electrons. The topological polar surface area (TPSA) is 39.2 Å². The number of pyridine rings is 1. The summed E-state index contributed by atoms with van der Waals surface area (Å²) in [5.41, 5.74) is -0.502. The van der Waals surface area contributed by atoms with E-state index in [0.717, 1.165) is 13.3 Å². The third-order valence-corrected chi connectivity index (χ3v) is 2.82. The largest absolute Gasteiger partial charge is 0.465 e. The van der Waals surface area contributed by atoms with Gasteiger partial charge in [0.25, 0.3) is 6.43 Å². The summed E-state index contributed by atoms with van der Waals surface area (Å²) in [5, 5.41) is -0.181. The smallest absolute Gasteiger partial charge is 0.340 e. The van der Waals surface area contributed by atoms with Gasteiger partial charge in [0, 0.05) is 11.5 Å². The van der Waals surface area contributed by atoms with Crippen molar-refractivity contribution < 1.29 is 18.3 Å². The van der Waals surface area contributed by atoms with Crippen LogP contribution in [0.3, 0.4) is 0 Å². The fourth-order valence-electron chi connectivity index (χ4n) is 1.12. The highest BCUT2D eigenvalue weighted by molar-refractivity contribution is 9.08. The fraction of sp³-hybridized carbons (Fsp3) is 0.333. The maximum absolute atomic E-state index is 12.7. The Bertz CT molecular complexity index is 415. The Morgan fingerprint density at radius 3 is 2.75 bits per heavy atom. The maximum Gasteiger partial charge on any atom is 0.340 e. The molecule has 16 heavy (non-hydrogen) atoms. The Hall–Kier alpha value is -0.750. The third kappa shape index (κ3) is 2.49. The maximum atomic E-state index is 12.7. The molecule has 0 spiro atoms. The van der Waals surface area contributed by atoms with E-state index in [-0.39, 0.29) is 21.6 Å². The molecule has 0 aliphatic carbocycles. The van der Waals surface area contributed by atoms with Gasteiger partial charge < -0.3 is 4.74 Å². The molecule has 1 rings (SSSR count). The molecule has 0 aliphatic rings. The van der Waals surface area contributed by atoms with Gasteiger partial charge in [-0.1, -0.05) is 27.5 Å². The predicted molar refractivity (Wildman–Crippen MR) is 58.2 cm³/mol. The van der Waals surface area contributed by atoms with Crippen LogP contribution in [0.5, 0.6) is 0 Å². The van der Waals surface area contributed by atoms with E-state index in [4.69, 9.17) is 11.6 Å². The Morgan fingerprint density at radius 1 is 1.69 bits per heavy atom. The van der Waals surface area contributed by atoms with Gasteiger partial charge in [0.05, 0.1) is 29.0 Å². The van der Waals surface area contributed by atoms with Crippen molar-refractivity contribution in [2.75, 3.05) is 7.11 Å². The first kappa shape index (κ1) is 13.3. The first-order valence-electron chi connectivity index (χ1n) is 4.12. The van der Waals surface area contributed by atoms with Crippen LogP contribution >= 0.6 is 27.5 Å². The Morgan fingerprint density at radius 2 is 2.31 bits per heavy atom. The quantitative estimate of drug-likeness (QED) is 0.634. The zero-order valence-electron chi connectivity index (χ0n) is 8.14. The molecule has 0 atom stereocenters. The zero-order valence-corrected chi connectivity index (χ0v) is 10.5. The molecule has 1 heterocycles. The van der Waals surface area contributed by atoms with Crippen molar-refractivity contribution in [1.29, 1.82) is 0 Å². The summed E-state index contributed by atoms with van der Waals surface area (Å²) in [6.07, 6.45) is -1.67. The number of ether oxygens (including phenoxy) is 1. The van der Waals surface area contributed by atoms with Crippen LogP contribution < -0.4 is 0 Å². The highest BCUT2D eigenvalue weighted by atomic mass is 79.9. The highest BCUT2D eigenvalue weighted by Gasteiger charge is 2.23. The van der Waals surface area contributed by atoms with E-state index < -0.39 is 18.0 Å². The summed E-state index contributed by atoms with van der Waals surface area (Å²) in [7, 11) is 1.14. The van der Waals surface area contributed by atoms with Crippen LogP contribution in [-0.4, -0.2) is 18.1 Å². The minimum atomic E-state index is -2.79. The van der Waals surface area contributed by atoms with Gasteiger partial charge in [0.2, 0.25) is 0 Å². The zero-order chi connectivity index (χ0) is 12.3. The van der Waals surface area contributed by atoms with Crippen LogP contribution in [0.2, 0.25) is 5.02 Å². The molecule has 0 bridgehead atoms. The number of rotatable bonds is 3. The fourth-order valence-corrected chi connectivity index (χ4v) is 1.89. The van der Waals surface area contributed by atoms with Gasteiger partial charge in [0.15, 0.2) is 0 Å². The summed E-state index contributed by atoms with van der Waals surface area (Å²) in [6, 6.07) is 0. The van der Waals surface area contributed by atoms with Gasteiger partial charge >= 0.3 is 5.97 Å². The van der Waals surface area contributed by atoms with Crippen LogP contribution in [0.4, 0.5) is 8.78 Å². The summed E-state index contributed by atoms with van der Waals surface area (Å²) < 4.78 is 29.9. The summed E-state index contributed by atoms with van der Waals surface area (Å²) in [4.78, 5) is 14.9. The van der Waals surface area contributed by atoms with Gasteiger partial charge in [0.1, 0.15) is 0 Å². The average molecular weight is 315 g/mol. The molecule has 1 aromatic heterocycles. The van der Waals surface area contributed by atoms with E-state index in [1.807, 2.05) is 0 Å². The molecule has 0 N–H and O–H groups in total.